The fourth-order valence-electron chi connectivity index (χ4n) is 5.63. The van der Waals surface area contributed by atoms with Gasteiger partial charge in [0.2, 0.25) is 0 Å². The predicted octanol–water partition coefficient (Wildman–Crippen LogP) is 6.26. The van der Waals surface area contributed by atoms with Crippen LogP contribution in [0.3, 0.4) is 0 Å². The highest BCUT2D eigenvalue weighted by Crippen LogP contribution is 2.46. The molecule has 2 aromatic rings. The Balaban J connectivity index is 1.84. The molecule has 1 aromatic heterocycles. The van der Waals surface area contributed by atoms with Gasteiger partial charge in [-0.15, -0.1) is 0 Å². The number of benzene rings is 1. The highest BCUT2D eigenvalue weighted by molar-refractivity contribution is 5.48. The molecule has 1 aromatic carbocycles. The molecule has 0 bridgehead atoms. The van der Waals surface area contributed by atoms with E-state index in [1.807, 2.05) is 0 Å². The molecule has 2 unspecified atom stereocenters. The molecule has 3 nitrogen and oxygen atoms in total. The van der Waals surface area contributed by atoms with E-state index in [0.717, 1.165) is 59.3 Å². The molecule has 0 aliphatic heterocycles. The Labute approximate surface area is 181 Å². The third kappa shape index (κ3) is 3.94. The van der Waals surface area contributed by atoms with E-state index in [-0.39, 0.29) is 5.41 Å². The Kier molecular flexibility index (Phi) is 5.80. The minimum absolute atomic E-state index is 0.0472. The minimum Gasteiger partial charge on any atom is -0.388 e. The number of fused-ring (bicyclic) bond motifs is 1. The number of hydrogen-bond acceptors (Lipinski definition) is 3. The quantitative estimate of drug-likeness (QED) is 0.629. The fourth-order valence-corrected chi connectivity index (χ4v) is 5.63. The number of hydrogen-bond donors (Lipinski definition) is 2. The molecule has 1 saturated carbocycles. The number of nitrogens with zero attached hydrogens (tertiary/aromatic N) is 1. The number of aromatic nitrogens is 1. The first-order chi connectivity index (χ1) is 14.2. The van der Waals surface area contributed by atoms with Crippen LogP contribution in [0.25, 0.3) is 0 Å². The molecular formula is C27H37NO2. The number of aliphatic hydroxyl groups is 2. The van der Waals surface area contributed by atoms with Crippen LogP contribution in [0.4, 0.5) is 0 Å². The third-order valence-electron chi connectivity index (χ3n) is 7.31. The van der Waals surface area contributed by atoms with E-state index < -0.39 is 12.2 Å². The smallest absolute Gasteiger partial charge is 0.106 e. The van der Waals surface area contributed by atoms with E-state index in [9.17, 15) is 10.2 Å². The lowest BCUT2D eigenvalue weighted by molar-refractivity contribution is 0.0968. The Morgan fingerprint density at radius 2 is 1.63 bits per heavy atom. The van der Waals surface area contributed by atoms with Crippen molar-refractivity contribution in [3.8, 4) is 0 Å². The summed E-state index contributed by atoms with van der Waals surface area (Å²) in [6.45, 7) is 10.9. The average molecular weight is 408 g/mol. The summed E-state index contributed by atoms with van der Waals surface area (Å²) in [5, 5.41) is 22.5. The van der Waals surface area contributed by atoms with Crippen molar-refractivity contribution in [2.45, 2.75) is 97.2 Å². The lowest BCUT2D eigenvalue weighted by Gasteiger charge is -2.37. The molecule has 0 radical (unpaired) electrons. The van der Waals surface area contributed by atoms with Crippen molar-refractivity contribution in [2.75, 3.05) is 0 Å². The van der Waals surface area contributed by atoms with Gasteiger partial charge in [-0.2, -0.15) is 0 Å². The van der Waals surface area contributed by atoms with E-state index in [2.05, 4.69) is 58.9 Å². The number of aliphatic hydroxyl groups excluding tert-OH is 2. The van der Waals surface area contributed by atoms with Crippen molar-refractivity contribution in [3.63, 3.8) is 0 Å². The molecular weight excluding hydrogens is 370 g/mol. The van der Waals surface area contributed by atoms with Crippen molar-refractivity contribution in [1.29, 1.82) is 0 Å². The van der Waals surface area contributed by atoms with Gasteiger partial charge >= 0.3 is 0 Å². The van der Waals surface area contributed by atoms with Gasteiger partial charge in [-0.1, -0.05) is 64.8 Å². The van der Waals surface area contributed by atoms with Crippen LogP contribution in [0.2, 0.25) is 0 Å². The summed E-state index contributed by atoms with van der Waals surface area (Å²) in [4.78, 5) is 5.17. The van der Waals surface area contributed by atoms with Gasteiger partial charge in [-0.3, -0.25) is 4.98 Å². The van der Waals surface area contributed by atoms with E-state index >= 15 is 0 Å². The molecule has 1 heterocycles. The van der Waals surface area contributed by atoms with E-state index in [1.165, 1.54) is 18.4 Å². The standard InChI is InChI=1S/C27H37NO2/c1-16(2)18-10-12-20(13-11-18)26(30)24-17(3)23-21(14-27(4,5)15-22(23)29)28-25(24)19-8-6-7-9-19/h10-13,16,19,22,26,29-30H,6-9,14-15H2,1-5H3. The average Bonchev–Trinajstić information content (AvgIpc) is 3.20. The highest BCUT2D eigenvalue weighted by Gasteiger charge is 2.37. The second-order valence-electron chi connectivity index (χ2n) is 10.7. The lowest BCUT2D eigenvalue weighted by Crippen LogP contribution is -2.29. The van der Waals surface area contributed by atoms with Crippen LogP contribution in [0.15, 0.2) is 24.3 Å². The molecule has 0 saturated heterocycles. The van der Waals surface area contributed by atoms with Gasteiger partial charge in [0.05, 0.1) is 11.8 Å². The van der Waals surface area contributed by atoms with Crippen molar-refractivity contribution in [3.05, 3.63) is 63.5 Å². The Hall–Kier alpha value is -1.71. The van der Waals surface area contributed by atoms with Crippen molar-refractivity contribution in [2.24, 2.45) is 5.41 Å². The Morgan fingerprint density at radius 3 is 2.23 bits per heavy atom. The summed E-state index contributed by atoms with van der Waals surface area (Å²) >= 11 is 0. The largest absolute Gasteiger partial charge is 0.388 e. The zero-order valence-electron chi connectivity index (χ0n) is 19.2. The summed E-state index contributed by atoms with van der Waals surface area (Å²) < 4.78 is 0. The molecule has 4 rings (SSSR count). The third-order valence-corrected chi connectivity index (χ3v) is 7.31. The Bertz CT molecular complexity index is 907. The van der Waals surface area contributed by atoms with Crippen molar-refractivity contribution < 1.29 is 10.2 Å². The normalized spacial score (nSPS) is 22.3. The second kappa shape index (κ2) is 8.09. The van der Waals surface area contributed by atoms with E-state index in [0.29, 0.717) is 11.8 Å². The van der Waals surface area contributed by atoms with Crippen LogP contribution >= 0.6 is 0 Å². The van der Waals surface area contributed by atoms with Crippen molar-refractivity contribution in [1.82, 2.24) is 4.98 Å². The molecule has 162 valence electrons. The maximum absolute atomic E-state index is 11.5. The maximum atomic E-state index is 11.5. The summed E-state index contributed by atoms with van der Waals surface area (Å²) in [5.41, 5.74) is 7.31. The molecule has 2 N–H and O–H groups in total. The number of pyridine rings is 1. The van der Waals surface area contributed by atoms with Gasteiger partial charge in [0.1, 0.15) is 6.10 Å². The molecule has 0 amide bonds. The van der Waals surface area contributed by atoms with Crippen LogP contribution in [0, 0.1) is 12.3 Å². The highest BCUT2D eigenvalue weighted by atomic mass is 16.3. The van der Waals surface area contributed by atoms with Crippen LogP contribution in [0.1, 0.15) is 123 Å². The second-order valence-corrected chi connectivity index (χ2v) is 10.7. The maximum Gasteiger partial charge on any atom is 0.106 e. The molecule has 3 heteroatoms. The van der Waals surface area contributed by atoms with Gasteiger partial charge in [-0.25, -0.2) is 0 Å². The first-order valence-corrected chi connectivity index (χ1v) is 11.7. The molecule has 1 fully saturated rings. The van der Waals surface area contributed by atoms with Gasteiger partial charge in [0.15, 0.2) is 0 Å². The van der Waals surface area contributed by atoms with E-state index in [4.69, 9.17) is 4.98 Å². The van der Waals surface area contributed by atoms with Gasteiger partial charge in [-0.05, 0) is 60.6 Å². The van der Waals surface area contributed by atoms with Gasteiger partial charge < -0.3 is 10.2 Å². The molecule has 30 heavy (non-hydrogen) atoms. The van der Waals surface area contributed by atoms with Gasteiger partial charge in [0.25, 0.3) is 0 Å². The van der Waals surface area contributed by atoms with E-state index in [1.54, 1.807) is 0 Å². The van der Waals surface area contributed by atoms with Gasteiger partial charge in [0, 0.05) is 22.7 Å². The number of rotatable bonds is 4. The zero-order chi connectivity index (χ0) is 21.6. The minimum atomic E-state index is -0.707. The SMILES string of the molecule is Cc1c2c(nc(C3CCCC3)c1C(O)c1ccc(C(C)C)cc1)CC(C)(C)CC2O. The zero-order valence-corrected chi connectivity index (χ0v) is 19.2. The summed E-state index contributed by atoms with van der Waals surface area (Å²) in [5.74, 6) is 0.881. The predicted molar refractivity (Wildman–Crippen MR) is 122 cm³/mol. The van der Waals surface area contributed by atoms with Crippen LogP contribution in [-0.4, -0.2) is 15.2 Å². The fraction of sp³-hybridized carbons (Fsp3) is 0.593. The first kappa shape index (κ1) is 21.5. The molecule has 2 atom stereocenters. The summed E-state index contributed by atoms with van der Waals surface area (Å²) in [7, 11) is 0. The Morgan fingerprint density at radius 1 is 1.03 bits per heavy atom. The summed E-state index contributed by atoms with van der Waals surface area (Å²) in [6.07, 6.45) is 5.16. The van der Waals surface area contributed by atoms with Crippen LogP contribution in [-0.2, 0) is 6.42 Å². The molecule has 2 aliphatic rings. The topological polar surface area (TPSA) is 53.4 Å². The molecule has 2 aliphatic carbocycles. The first-order valence-electron chi connectivity index (χ1n) is 11.7. The van der Waals surface area contributed by atoms with Crippen molar-refractivity contribution >= 4 is 0 Å². The van der Waals surface area contributed by atoms with Crippen LogP contribution < -0.4 is 0 Å². The van der Waals surface area contributed by atoms with Crippen LogP contribution in [0.5, 0.6) is 0 Å². The monoisotopic (exact) mass is 407 g/mol. The lowest BCUT2D eigenvalue weighted by atomic mass is 9.72. The summed E-state index contributed by atoms with van der Waals surface area (Å²) in [6, 6.07) is 8.35. The molecule has 0 spiro atoms.